The minimum Gasteiger partial charge on any atom is -0.366 e. The number of hydrogen-bond donors (Lipinski definition) is 2. The monoisotopic (exact) mass is 276 g/mol. The summed E-state index contributed by atoms with van der Waals surface area (Å²) in [6.07, 6.45) is 6.67. The van der Waals surface area contributed by atoms with Crippen LogP contribution in [0.2, 0.25) is 0 Å². The van der Waals surface area contributed by atoms with Gasteiger partial charge in [-0.1, -0.05) is 26.7 Å². The summed E-state index contributed by atoms with van der Waals surface area (Å²) in [6.45, 7) is 4.04. The van der Waals surface area contributed by atoms with Gasteiger partial charge >= 0.3 is 0 Å². The Labute approximate surface area is 120 Å². The molecule has 1 fully saturated rings. The van der Waals surface area contributed by atoms with Gasteiger partial charge in [0.2, 0.25) is 5.91 Å². The Balaban J connectivity index is 1.89. The van der Waals surface area contributed by atoms with Crippen LogP contribution >= 0.6 is 0 Å². The number of nitrogens with zero attached hydrogens (tertiary/aromatic N) is 2. The summed E-state index contributed by atoms with van der Waals surface area (Å²) in [5.74, 6) is 1.39. The summed E-state index contributed by atoms with van der Waals surface area (Å²) in [4.78, 5) is 11.9. The minimum absolute atomic E-state index is 0.0285. The van der Waals surface area contributed by atoms with Gasteiger partial charge < -0.3 is 10.6 Å². The highest BCUT2D eigenvalue weighted by atomic mass is 16.1. The van der Waals surface area contributed by atoms with Crippen LogP contribution in [0.4, 0.5) is 11.6 Å². The van der Waals surface area contributed by atoms with Crippen molar-refractivity contribution in [3.63, 3.8) is 0 Å². The number of nitrogens with one attached hydrogen (secondary N) is 2. The highest BCUT2D eigenvalue weighted by Gasteiger charge is 2.16. The Hall–Kier alpha value is -1.65. The SMILES string of the molecule is CCC(CC)C(=O)Nc1ccc(NC2CCCC2)nn1. The van der Waals surface area contributed by atoms with E-state index < -0.39 is 0 Å². The highest BCUT2D eigenvalue weighted by molar-refractivity contribution is 5.91. The van der Waals surface area contributed by atoms with Crippen LogP contribution in [0.1, 0.15) is 52.4 Å². The Bertz CT molecular complexity index is 422. The molecule has 1 aromatic heterocycles. The topological polar surface area (TPSA) is 66.9 Å². The van der Waals surface area contributed by atoms with Crippen LogP contribution in [-0.2, 0) is 4.79 Å². The quantitative estimate of drug-likeness (QED) is 0.837. The molecule has 0 unspecified atom stereocenters. The van der Waals surface area contributed by atoms with Crippen LogP contribution < -0.4 is 10.6 Å². The maximum Gasteiger partial charge on any atom is 0.228 e. The molecule has 0 radical (unpaired) electrons. The summed E-state index contributed by atoms with van der Waals surface area (Å²) in [5.41, 5.74) is 0. The molecule has 1 saturated carbocycles. The fourth-order valence-corrected chi connectivity index (χ4v) is 2.64. The third kappa shape index (κ3) is 3.92. The van der Waals surface area contributed by atoms with Gasteiger partial charge in [0, 0.05) is 12.0 Å². The third-order valence-corrected chi connectivity index (χ3v) is 3.98. The molecule has 1 heterocycles. The fourth-order valence-electron chi connectivity index (χ4n) is 2.64. The maximum absolute atomic E-state index is 11.9. The van der Waals surface area contributed by atoms with Gasteiger partial charge in [-0.2, -0.15) is 0 Å². The van der Waals surface area contributed by atoms with Crippen molar-refractivity contribution in [3.05, 3.63) is 12.1 Å². The fraction of sp³-hybridized carbons (Fsp3) is 0.667. The predicted molar refractivity (Wildman–Crippen MR) is 80.6 cm³/mol. The standard InChI is InChI=1S/C15H24N4O/c1-3-11(4-2)15(20)17-14-10-9-13(18-19-14)16-12-7-5-6-8-12/h9-12H,3-8H2,1-2H3,(H,16,18)(H,17,19,20). The van der Waals surface area contributed by atoms with E-state index in [-0.39, 0.29) is 11.8 Å². The molecule has 0 bridgehead atoms. The zero-order valence-electron chi connectivity index (χ0n) is 12.4. The van der Waals surface area contributed by atoms with Crippen molar-refractivity contribution in [2.75, 3.05) is 10.6 Å². The average molecular weight is 276 g/mol. The molecule has 0 aliphatic heterocycles. The molecule has 5 heteroatoms. The molecule has 0 spiro atoms. The van der Waals surface area contributed by atoms with Crippen LogP contribution in [0.15, 0.2) is 12.1 Å². The summed E-state index contributed by atoms with van der Waals surface area (Å²) in [7, 11) is 0. The Morgan fingerprint density at radius 2 is 1.80 bits per heavy atom. The molecule has 20 heavy (non-hydrogen) atoms. The van der Waals surface area contributed by atoms with E-state index in [2.05, 4.69) is 20.8 Å². The van der Waals surface area contributed by atoms with Gasteiger partial charge in [-0.3, -0.25) is 4.79 Å². The van der Waals surface area contributed by atoms with Gasteiger partial charge in [0.25, 0.3) is 0 Å². The van der Waals surface area contributed by atoms with Crippen LogP contribution in [0.5, 0.6) is 0 Å². The minimum atomic E-state index is 0.0285. The number of anilines is 2. The van der Waals surface area contributed by atoms with Crippen molar-refractivity contribution in [1.82, 2.24) is 10.2 Å². The zero-order chi connectivity index (χ0) is 14.4. The molecule has 1 aliphatic rings. The summed E-state index contributed by atoms with van der Waals surface area (Å²) in [6, 6.07) is 4.22. The van der Waals surface area contributed by atoms with Crippen LogP contribution in [0.3, 0.4) is 0 Å². The molecule has 0 atom stereocenters. The smallest absolute Gasteiger partial charge is 0.228 e. The Morgan fingerprint density at radius 3 is 2.35 bits per heavy atom. The van der Waals surface area contributed by atoms with Gasteiger partial charge in [0.15, 0.2) is 5.82 Å². The van der Waals surface area contributed by atoms with E-state index in [0.29, 0.717) is 11.9 Å². The lowest BCUT2D eigenvalue weighted by atomic mass is 10.0. The normalized spacial score (nSPS) is 15.6. The van der Waals surface area contributed by atoms with Crippen molar-refractivity contribution in [3.8, 4) is 0 Å². The number of aromatic nitrogens is 2. The predicted octanol–water partition coefficient (Wildman–Crippen LogP) is 3.21. The molecular weight excluding hydrogens is 252 g/mol. The van der Waals surface area contributed by atoms with Crippen molar-refractivity contribution in [2.24, 2.45) is 5.92 Å². The second-order valence-corrected chi connectivity index (χ2v) is 5.43. The lowest BCUT2D eigenvalue weighted by molar-refractivity contribution is -0.120. The van der Waals surface area contributed by atoms with E-state index in [0.717, 1.165) is 18.7 Å². The van der Waals surface area contributed by atoms with E-state index in [9.17, 15) is 4.79 Å². The van der Waals surface area contributed by atoms with Gasteiger partial charge in [0.05, 0.1) is 0 Å². The molecule has 2 rings (SSSR count). The molecular formula is C15H24N4O. The van der Waals surface area contributed by atoms with E-state index in [4.69, 9.17) is 0 Å². The summed E-state index contributed by atoms with van der Waals surface area (Å²) in [5, 5.41) is 14.4. The summed E-state index contributed by atoms with van der Waals surface area (Å²) >= 11 is 0. The van der Waals surface area contributed by atoms with Gasteiger partial charge in [-0.15, -0.1) is 10.2 Å². The highest BCUT2D eigenvalue weighted by Crippen LogP contribution is 2.21. The van der Waals surface area contributed by atoms with Crippen molar-refractivity contribution in [1.29, 1.82) is 0 Å². The van der Waals surface area contributed by atoms with E-state index in [1.54, 1.807) is 0 Å². The van der Waals surface area contributed by atoms with Gasteiger partial charge in [-0.05, 0) is 37.8 Å². The van der Waals surface area contributed by atoms with Crippen LogP contribution in [-0.4, -0.2) is 22.1 Å². The van der Waals surface area contributed by atoms with E-state index in [1.165, 1.54) is 25.7 Å². The molecule has 5 nitrogen and oxygen atoms in total. The number of amides is 1. The van der Waals surface area contributed by atoms with E-state index >= 15 is 0 Å². The zero-order valence-corrected chi connectivity index (χ0v) is 12.4. The van der Waals surface area contributed by atoms with Crippen molar-refractivity contribution < 1.29 is 4.79 Å². The van der Waals surface area contributed by atoms with Gasteiger partial charge in [0.1, 0.15) is 5.82 Å². The number of hydrogen-bond acceptors (Lipinski definition) is 4. The second kappa shape index (κ2) is 7.22. The number of carbonyl (C=O) groups excluding carboxylic acids is 1. The molecule has 0 aromatic carbocycles. The third-order valence-electron chi connectivity index (χ3n) is 3.98. The molecule has 1 aliphatic carbocycles. The molecule has 110 valence electrons. The number of rotatable bonds is 6. The Kier molecular flexibility index (Phi) is 5.32. The largest absolute Gasteiger partial charge is 0.366 e. The van der Waals surface area contributed by atoms with Crippen molar-refractivity contribution in [2.45, 2.75) is 58.4 Å². The molecule has 1 amide bonds. The second-order valence-electron chi connectivity index (χ2n) is 5.43. The van der Waals surface area contributed by atoms with Crippen LogP contribution in [0, 0.1) is 5.92 Å². The Morgan fingerprint density at radius 1 is 1.20 bits per heavy atom. The lowest BCUT2D eigenvalue weighted by Crippen LogP contribution is -2.22. The molecule has 0 saturated heterocycles. The van der Waals surface area contributed by atoms with Crippen molar-refractivity contribution >= 4 is 17.5 Å². The average Bonchev–Trinajstić information content (AvgIpc) is 2.95. The maximum atomic E-state index is 11.9. The summed E-state index contributed by atoms with van der Waals surface area (Å²) < 4.78 is 0. The first kappa shape index (κ1) is 14.8. The first-order valence-electron chi connectivity index (χ1n) is 7.64. The lowest BCUT2D eigenvalue weighted by Gasteiger charge is -2.13. The van der Waals surface area contributed by atoms with E-state index in [1.807, 2.05) is 26.0 Å². The first-order valence-corrected chi connectivity index (χ1v) is 7.64. The van der Waals surface area contributed by atoms with Gasteiger partial charge in [-0.25, -0.2) is 0 Å². The van der Waals surface area contributed by atoms with Crippen LogP contribution in [0.25, 0.3) is 0 Å². The molecule has 2 N–H and O–H groups in total. The first-order chi connectivity index (χ1) is 9.72. The molecule has 1 aromatic rings. The number of carbonyl (C=O) groups is 1.